The molecule has 0 spiro atoms. The van der Waals surface area contributed by atoms with Crippen molar-refractivity contribution in [1.82, 2.24) is 4.90 Å². The highest BCUT2D eigenvalue weighted by molar-refractivity contribution is 5.77. The largest absolute Gasteiger partial charge is 1.00 e. The lowest BCUT2D eigenvalue weighted by molar-refractivity contribution is -0.883. The van der Waals surface area contributed by atoms with Gasteiger partial charge in [0, 0.05) is 25.9 Å². The Balaban J connectivity index is 0. The lowest BCUT2D eigenvalue weighted by Crippen LogP contribution is -3.00. The minimum Gasteiger partial charge on any atom is -1.00 e. The van der Waals surface area contributed by atoms with E-state index in [1.165, 1.54) is 116 Å². The van der Waals surface area contributed by atoms with Gasteiger partial charge in [-0.25, -0.2) is 0 Å². The number of halogens is 1. The SMILES string of the molecule is CCCCCCCCCCCCCC(=O)OCCCN(CCCOC(=O)CCCCCCCCCCCCC)C(=O)C[N+](C)(C)CCO.[Br-]. The van der Waals surface area contributed by atoms with Crippen LogP contribution in [0.5, 0.6) is 0 Å². The molecule has 0 unspecified atom stereocenters. The summed E-state index contributed by atoms with van der Waals surface area (Å²) >= 11 is 0. The van der Waals surface area contributed by atoms with E-state index in [-0.39, 0.29) is 48.0 Å². The van der Waals surface area contributed by atoms with Crippen LogP contribution in [-0.2, 0) is 23.9 Å². The summed E-state index contributed by atoms with van der Waals surface area (Å²) in [6, 6.07) is 0. The number of unbranched alkanes of at least 4 members (excludes halogenated alkanes) is 20. The molecule has 0 rings (SSSR count). The normalized spacial score (nSPS) is 11.3. The number of quaternary nitrogens is 1. The zero-order valence-corrected chi connectivity index (χ0v) is 34.2. The monoisotopic (exact) mass is 763 g/mol. The molecule has 0 fully saturated rings. The number of aliphatic hydroxyl groups excluding tert-OH is 1. The van der Waals surface area contributed by atoms with Gasteiger partial charge in [0.1, 0.15) is 6.54 Å². The van der Waals surface area contributed by atoms with Crippen molar-refractivity contribution in [1.29, 1.82) is 0 Å². The van der Waals surface area contributed by atoms with Crippen molar-refractivity contribution in [2.75, 3.05) is 60.1 Å². The first-order chi connectivity index (χ1) is 23.3. The first-order valence-electron chi connectivity index (χ1n) is 20.3. The average molecular weight is 764 g/mol. The second-order valence-electron chi connectivity index (χ2n) is 14.6. The number of aliphatic hydroxyl groups is 1. The average Bonchev–Trinajstić information content (AvgIpc) is 3.05. The molecule has 0 aliphatic rings. The minimum atomic E-state index is -0.158. The van der Waals surface area contributed by atoms with Crippen LogP contribution in [0.3, 0.4) is 0 Å². The van der Waals surface area contributed by atoms with E-state index in [4.69, 9.17) is 9.47 Å². The number of ether oxygens (including phenoxy) is 2. The van der Waals surface area contributed by atoms with Crippen LogP contribution in [0.25, 0.3) is 0 Å². The molecular formula is C40H79BrN2O6. The van der Waals surface area contributed by atoms with Crippen molar-refractivity contribution >= 4 is 17.8 Å². The summed E-state index contributed by atoms with van der Waals surface area (Å²) in [6.45, 7) is 6.84. The molecule has 0 bridgehead atoms. The first-order valence-corrected chi connectivity index (χ1v) is 20.3. The second-order valence-corrected chi connectivity index (χ2v) is 14.6. The van der Waals surface area contributed by atoms with Gasteiger partial charge in [-0.05, 0) is 25.7 Å². The molecule has 9 heteroatoms. The molecule has 0 aromatic carbocycles. The predicted molar refractivity (Wildman–Crippen MR) is 199 cm³/mol. The molecule has 49 heavy (non-hydrogen) atoms. The Hall–Kier alpha value is -1.19. The maximum absolute atomic E-state index is 13.2. The van der Waals surface area contributed by atoms with Crippen molar-refractivity contribution in [3.8, 4) is 0 Å². The summed E-state index contributed by atoms with van der Waals surface area (Å²) in [7, 11) is 3.86. The van der Waals surface area contributed by atoms with Crippen LogP contribution in [0.2, 0.25) is 0 Å². The van der Waals surface area contributed by atoms with Crippen molar-refractivity contribution in [3.05, 3.63) is 0 Å². The lowest BCUT2D eigenvalue weighted by Gasteiger charge is -2.31. The van der Waals surface area contributed by atoms with E-state index in [0.29, 0.717) is 63.0 Å². The quantitative estimate of drug-likeness (QED) is 0.0468. The van der Waals surface area contributed by atoms with Gasteiger partial charge in [0.25, 0.3) is 5.91 Å². The summed E-state index contributed by atoms with van der Waals surface area (Å²) in [5.41, 5.74) is 0. The molecule has 8 nitrogen and oxygen atoms in total. The summed E-state index contributed by atoms with van der Waals surface area (Å²) in [5.74, 6) is -0.323. The second kappa shape index (κ2) is 36.6. The molecule has 0 aliphatic heterocycles. The van der Waals surface area contributed by atoms with Gasteiger partial charge in [-0.15, -0.1) is 0 Å². The van der Waals surface area contributed by atoms with Crippen molar-refractivity contribution in [2.24, 2.45) is 0 Å². The molecule has 0 saturated heterocycles. The maximum atomic E-state index is 13.2. The highest BCUT2D eigenvalue weighted by Gasteiger charge is 2.24. The molecule has 1 N–H and O–H groups in total. The first kappa shape index (κ1) is 49.9. The van der Waals surface area contributed by atoms with Crippen LogP contribution in [0.4, 0.5) is 0 Å². The van der Waals surface area contributed by atoms with Gasteiger partial charge in [0.2, 0.25) is 0 Å². The van der Waals surface area contributed by atoms with Crippen LogP contribution in [-0.4, -0.2) is 92.4 Å². The fourth-order valence-corrected chi connectivity index (χ4v) is 6.07. The molecule has 292 valence electrons. The Kier molecular flexibility index (Phi) is 37.3. The fraction of sp³-hybridized carbons (Fsp3) is 0.925. The van der Waals surface area contributed by atoms with Crippen LogP contribution in [0, 0.1) is 0 Å². The van der Waals surface area contributed by atoms with Crippen molar-refractivity contribution in [2.45, 2.75) is 181 Å². The number of carbonyl (C=O) groups excluding carboxylic acids is 3. The highest BCUT2D eigenvalue weighted by atomic mass is 79.9. The highest BCUT2D eigenvalue weighted by Crippen LogP contribution is 2.14. The predicted octanol–water partition coefficient (Wildman–Crippen LogP) is 6.16. The third kappa shape index (κ3) is 35.0. The van der Waals surface area contributed by atoms with E-state index in [1.54, 1.807) is 4.90 Å². The van der Waals surface area contributed by atoms with Crippen molar-refractivity contribution in [3.63, 3.8) is 0 Å². The summed E-state index contributed by atoms with van der Waals surface area (Å²) in [5, 5.41) is 9.38. The van der Waals surface area contributed by atoms with Gasteiger partial charge in [-0.3, -0.25) is 14.4 Å². The molecular weight excluding hydrogens is 684 g/mol. The van der Waals surface area contributed by atoms with Gasteiger partial charge in [-0.1, -0.05) is 142 Å². The van der Waals surface area contributed by atoms with E-state index < -0.39 is 0 Å². The third-order valence-corrected chi connectivity index (χ3v) is 9.26. The molecule has 0 aromatic rings. The Bertz CT molecular complexity index is 721. The zero-order chi connectivity index (χ0) is 35.6. The summed E-state index contributed by atoms with van der Waals surface area (Å²) in [6.07, 6.45) is 29.5. The van der Waals surface area contributed by atoms with E-state index in [1.807, 2.05) is 14.1 Å². The number of esters is 2. The molecule has 0 aliphatic carbocycles. The molecule has 0 radical (unpaired) electrons. The van der Waals surface area contributed by atoms with Gasteiger partial charge in [0.05, 0.1) is 33.9 Å². The van der Waals surface area contributed by atoms with Gasteiger partial charge < -0.3 is 40.9 Å². The maximum Gasteiger partial charge on any atom is 0.305 e. The number of amides is 1. The van der Waals surface area contributed by atoms with Crippen LogP contribution in [0.15, 0.2) is 0 Å². The Morgan fingerprint density at radius 3 is 1.18 bits per heavy atom. The molecule has 1 amide bonds. The number of carbonyl (C=O) groups is 3. The standard InChI is InChI=1S/C40H79N2O6.BrH/c1-5-7-9-11-13-15-17-19-21-23-25-29-39(45)47-35-27-31-41(38(44)37-42(3,4)33-34-43)32-28-36-48-40(46)30-26-24-22-20-18-16-14-12-10-8-6-2;/h43H,5-37H2,1-4H3;1H/q+1;/p-1. The lowest BCUT2D eigenvalue weighted by atomic mass is 10.1. The van der Waals surface area contributed by atoms with E-state index in [0.717, 1.165) is 25.7 Å². The summed E-state index contributed by atoms with van der Waals surface area (Å²) in [4.78, 5) is 39.4. The smallest absolute Gasteiger partial charge is 0.305 e. The molecule has 0 aromatic heterocycles. The number of hydrogen-bond donors (Lipinski definition) is 1. The fourth-order valence-electron chi connectivity index (χ4n) is 6.07. The van der Waals surface area contributed by atoms with E-state index in [9.17, 15) is 19.5 Å². The number of hydrogen-bond acceptors (Lipinski definition) is 6. The minimum absolute atomic E-state index is 0. The molecule has 0 saturated carbocycles. The molecule has 0 heterocycles. The number of likely N-dealkylation sites (N-methyl/N-ethyl adjacent to an activating group) is 1. The van der Waals surface area contributed by atoms with Crippen LogP contribution in [0.1, 0.15) is 181 Å². The van der Waals surface area contributed by atoms with E-state index in [2.05, 4.69) is 13.8 Å². The summed E-state index contributed by atoms with van der Waals surface area (Å²) < 4.78 is 11.3. The van der Waals surface area contributed by atoms with Crippen LogP contribution < -0.4 is 17.0 Å². The number of nitrogens with zero attached hydrogens (tertiary/aromatic N) is 2. The van der Waals surface area contributed by atoms with Gasteiger partial charge >= 0.3 is 11.9 Å². The number of rotatable bonds is 36. The van der Waals surface area contributed by atoms with Crippen molar-refractivity contribution < 1.29 is 50.4 Å². The Morgan fingerprint density at radius 2 is 0.857 bits per heavy atom. The topological polar surface area (TPSA) is 93.1 Å². The Morgan fingerprint density at radius 1 is 0.531 bits per heavy atom. The van der Waals surface area contributed by atoms with Gasteiger partial charge in [-0.2, -0.15) is 0 Å². The van der Waals surface area contributed by atoms with Gasteiger partial charge in [0.15, 0.2) is 6.54 Å². The molecule has 0 atom stereocenters. The van der Waals surface area contributed by atoms with Crippen LogP contribution >= 0.6 is 0 Å². The Labute approximate surface area is 313 Å². The third-order valence-electron chi connectivity index (χ3n) is 9.26. The van der Waals surface area contributed by atoms with E-state index >= 15 is 0 Å². The zero-order valence-electron chi connectivity index (χ0n) is 32.6.